The van der Waals surface area contributed by atoms with Crippen molar-refractivity contribution in [2.24, 2.45) is 0 Å². The second kappa shape index (κ2) is 8.62. The first-order valence-corrected chi connectivity index (χ1v) is 11.8. The van der Waals surface area contributed by atoms with Gasteiger partial charge in [0.05, 0.1) is 11.2 Å². The Hall–Kier alpha value is -3.49. The summed E-state index contributed by atoms with van der Waals surface area (Å²) in [5.41, 5.74) is 0.716. The van der Waals surface area contributed by atoms with Crippen LogP contribution in [0.2, 0.25) is 0 Å². The number of likely N-dealkylation sites (tertiary alicyclic amines) is 1. The first-order chi connectivity index (χ1) is 16.8. The Morgan fingerprint density at radius 2 is 1.97 bits per heavy atom. The van der Waals surface area contributed by atoms with E-state index < -0.39 is 23.1 Å². The number of carboxylic acid groups (broad SMARTS) is 1. The molecule has 1 aliphatic heterocycles. The predicted octanol–water partition coefficient (Wildman–Crippen LogP) is 3.53. The highest BCUT2D eigenvalue weighted by Gasteiger charge is 2.64. The minimum absolute atomic E-state index is 0.0984. The number of carbonyl (C=O) groups excluding carboxylic acids is 2. The summed E-state index contributed by atoms with van der Waals surface area (Å²) in [5, 5.41) is 23.7. The SMILES string of the molecule is C=CCN1CCC23CC(=O)CCC2(O)C1Cc1ccc(OC(=O)Nc2ccc(C(=O)O)cc2)cc13. The van der Waals surface area contributed by atoms with Gasteiger partial charge < -0.3 is 14.9 Å². The summed E-state index contributed by atoms with van der Waals surface area (Å²) in [6.45, 7) is 5.30. The minimum Gasteiger partial charge on any atom is -0.478 e. The van der Waals surface area contributed by atoms with E-state index >= 15 is 0 Å². The normalized spacial score (nSPS) is 27.3. The van der Waals surface area contributed by atoms with Gasteiger partial charge in [-0.05, 0) is 73.3 Å². The fourth-order valence-corrected chi connectivity index (χ4v) is 6.27. The van der Waals surface area contributed by atoms with Crippen molar-refractivity contribution < 1.29 is 29.3 Å². The zero-order chi connectivity index (χ0) is 24.8. The van der Waals surface area contributed by atoms with Crippen LogP contribution < -0.4 is 10.1 Å². The van der Waals surface area contributed by atoms with Gasteiger partial charge in [-0.2, -0.15) is 0 Å². The smallest absolute Gasteiger partial charge is 0.417 e. The van der Waals surface area contributed by atoms with Crippen molar-refractivity contribution in [2.75, 3.05) is 18.4 Å². The average Bonchev–Trinajstić information content (AvgIpc) is 2.82. The van der Waals surface area contributed by atoms with Gasteiger partial charge in [0.15, 0.2) is 0 Å². The molecule has 8 heteroatoms. The molecule has 1 saturated carbocycles. The van der Waals surface area contributed by atoms with Crippen LogP contribution >= 0.6 is 0 Å². The van der Waals surface area contributed by atoms with E-state index in [4.69, 9.17) is 9.84 Å². The van der Waals surface area contributed by atoms with Crippen LogP contribution in [0.25, 0.3) is 0 Å². The molecule has 0 radical (unpaired) electrons. The van der Waals surface area contributed by atoms with Crippen molar-refractivity contribution in [1.29, 1.82) is 0 Å². The largest absolute Gasteiger partial charge is 0.478 e. The number of carbonyl (C=O) groups is 3. The molecule has 182 valence electrons. The first kappa shape index (κ1) is 23.3. The Labute approximate surface area is 203 Å². The number of amides is 1. The molecule has 3 aliphatic rings. The van der Waals surface area contributed by atoms with E-state index in [-0.39, 0.29) is 23.8 Å². The molecule has 3 atom stereocenters. The van der Waals surface area contributed by atoms with Crippen LogP contribution in [0.5, 0.6) is 5.75 Å². The quantitative estimate of drug-likeness (QED) is 0.565. The second-order valence-corrected chi connectivity index (χ2v) is 9.69. The van der Waals surface area contributed by atoms with Gasteiger partial charge >= 0.3 is 12.1 Å². The predicted molar refractivity (Wildman–Crippen MR) is 129 cm³/mol. The Morgan fingerprint density at radius 3 is 2.69 bits per heavy atom. The summed E-state index contributed by atoms with van der Waals surface area (Å²) in [4.78, 5) is 38.4. The van der Waals surface area contributed by atoms with Gasteiger partial charge in [-0.1, -0.05) is 12.1 Å². The molecule has 1 amide bonds. The second-order valence-electron chi connectivity index (χ2n) is 9.69. The molecule has 2 aromatic carbocycles. The van der Waals surface area contributed by atoms with E-state index in [1.54, 1.807) is 12.1 Å². The van der Waals surface area contributed by atoms with Crippen molar-refractivity contribution in [3.8, 4) is 5.75 Å². The number of fused-ring (bicyclic) bond motifs is 1. The number of nitrogens with zero attached hydrogens (tertiary/aromatic N) is 1. The molecule has 2 aliphatic carbocycles. The number of carboxylic acids is 1. The number of ketones is 1. The van der Waals surface area contributed by atoms with Gasteiger partial charge in [0.2, 0.25) is 0 Å². The van der Waals surface area contributed by atoms with Gasteiger partial charge in [0.1, 0.15) is 11.5 Å². The van der Waals surface area contributed by atoms with E-state index in [0.717, 1.165) is 17.7 Å². The zero-order valence-corrected chi connectivity index (χ0v) is 19.3. The Bertz CT molecular complexity index is 1210. The van der Waals surface area contributed by atoms with Crippen LogP contribution in [0.4, 0.5) is 10.5 Å². The lowest BCUT2D eigenvalue weighted by atomic mass is 9.49. The lowest BCUT2D eigenvalue weighted by molar-refractivity contribution is -0.170. The number of piperidine rings is 1. The third kappa shape index (κ3) is 3.83. The summed E-state index contributed by atoms with van der Waals surface area (Å²) in [5.74, 6) is -0.580. The number of aliphatic hydroxyl groups is 1. The molecule has 35 heavy (non-hydrogen) atoms. The number of hydrogen-bond acceptors (Lipinski definition) is 6. The molecule has 0 aromatic heterocycles. The molecule has 2 aromatic rings. The Kier molecular flexibility index (Phi) is 5.73. The van der Waals surface area contributed by atoms with Crippen LogP contribution in [0.3, 0.4) is 0 Å². The number of ether oxygens (including phenoxy) is 1. The summed E-state index contributed by atoms with van der Waals surface area (Å²) in [6, 6.07) is 11.1. The Balaban J connectivity index is 1.43. The van der Waals surface area contributed by atoms with Gasteiger partial charge in [0.25, 0.3) is 0 Å². The number of Topliss-reactive ketones (excluding diaryl/α,β-unsaturated/α-hetero) is 1. The number of rotatable bonds is 5. The summed E-state index contributed by atoms with van der Waals surface area (Å²) in [7, 11) is 0. The number of benzene rings is 2. The molecular formula is C27H28N2O6. The third-order valence-corrected chi connectivity index (χ3v) is 7.89. The van der Waals surface area contributed by atoms with Gasteiger partial charge in [-0.25, -0.2) is 9.59 Å². The van der Waals surface area contributed by atoms with Crippen molar-refractivity contribution in [3.05, 3.63) is 71.8 Å². The maximum atomic E-state index is 12.6. The van der Waals surface area contributed by atoms with E-state index in [0.29, 0.717) is 43.7 Å². The number of anilines is 1. The van der Waals surface area contributed by atoms with Crippen LogP contribution in [-0.2, 0) is 16.6 Å². The van der Waals surface area contributed by atoms with Crippen molar-refractivity contribution in [1.82, 2.24) is 4.90 Å². The van der Waals surface area contributed by atoms with Crippen molar-refractivity contribution in [3.63, 3.8) is 0 Å². The maximum Gasteiger partial charge on any atom is 0.417 e. The van der Waals surface area contributed by atoms with Gasteiger partial charge in [-0.15, -0.1) is 6.58 Å². The highest BCUT2D eigenvalue weighted by Crippen LogP contribution is 2.57. The van der Waals surface area contributed by atoms with Gasteiger partial charge in [0, 0.05) is 36.5 Å². The fourth-order valence-electron chi connectivity index (χ4n) is 6.27. The van der Waals surface area contributed by atoms with Crippen LogP contribution in [-0.4, -0.2) is 57.7 Å². The summed E-state index contributed by atoms with van der Waals surface area (Å²) >= 11 is 0. The molecule has 8 nitrogen and oxygen atoms in total. The first-order valence-electron chi connectivity index (χ1n) is 11.8. The Morgan fingerprint density at radius 1 is 1.20 bits per heavy atom. The average molecular weight is 477 g/mol. The van der Waals surface area contributed by atoms with E-state index in [1.807, 2.05) is 12.1 Å². The summed E-state index contributed by atoms with van der Waals surface area (Å²) < 4.78 is 5.54. The summed E-state index contributed by atoms with van der Waals surface area (Å²) in [6.07, 6.45) is 3.49. The zero-order valence-electron chi connectivity index (χ0n) is 19.3. The maximum absolute atomic E-state index is 12.6. The third-order valence-electron chi connectivity index (χ3n) is 7.89. The molecule has 5 rings (SSSR count). The molecule has 2 fully saturated rings. The number of aromatic carboxylic acids is 1. The van der Waals surface area contributed by atoms with E-state index in [2.05, 4.69) is 16.8 Å². The molecule has 1 heterocycles. The molecule has 0 spiro atoms. The molecule has 3 unspecified atom stereocenters. The number of hydrogen-bond donors (Lipinski definition) is 3. The van der Waals surface area contributed by atoms with Crippen LogP contribution in [0.15, 0.2) is 55.1 Å². The monoisotopic (exact) mass is 476 g/mol. The van der Waals surface area contributed by atoms with Gasteiger partial charge in [-0.3, -0.25) is 15.0 Å². The molecule has 3 N–H and O–H groups in total. The fraction of sp³-hybridized carbons (Fsp3) is 0.370. The van der Waals surface area contributed by atoms with E-state index in [1.165, 1.54) is 24.3 Å². The lowest BCUT2D eigenvalue weighted by Crippen LogP contribution is -2.73. The number of nitrogens with one attached hydrogen (secondary N) is 1. The van der Waals surface area contributed by atoms with Crippen LogP contribution in [0.1, 0.15) is 47.2 Å². The highest BCUT2D eigenvalue weighted by atomic mass is 16.6. The topological polar surface area (TPSA) is 116 Å². The molecule has 2 bridgehead atoms. The lowest BCUT2D eigenvalue weighted by Gasteiger charge is -2.63. The van der Waals surface area contributed by atoms with Crippen LogP contribution in [0, 0.1) is 0 Å². The minimum atomic E-state index is -1.05. The van der Waals surface area contributed by atoms with Crippen molar-refractivity contribution >= 4 is 23.5 Å². The molecule has 1 saturated heterocycles. The standard InChI is InChI=1S/C27H28N2O6/c1-2-12-29-13-11-26-16-20(30)9-10-27(26,34)23(29)14-18-5-8-21(15-22(18)26)35-25(33)28-19-6-3-17(4-7-19)24(31)32/h2-8,15,23,34H,1,9-14,16H2,(H,28,33)(H,31,32). The highest BCUT2D eigenvalue weighted by molar-refractivity contribution is 5.90. The van der Waals surface area contributed by atoms with E-state index in [9.17, 15) is 19.5 Å². The van der Waals surface area contributed by atoms with Crippen molar-refractivity contribution in [2.45, 2.75) is 49.2 Å². The molecular weight excluding hydrogens is 448 g/mol.